The average Bonchev–Trinajstić information content (AvgIpc) is 2.32. The summed E-state index contributed by atoms with van der Waals surface area (Å²) in [7, 11) is 0. The van der Waals surface area contributed by atoms with E-state index in [1.54, 1.807) is 13.8 Å². The first-order valence-electron chi connectivity index (χ1n) is 8.24. The fourth-order valence-electron chi connectivity index (χ4n) is 3.47. The van der Waals surface area contributed by atoms with Gasteiger partial charge < -0.3 is 15.2 Å². The van der Waals surface area contributed by atoms with Crippen LogP contribution in [0.1, 0.15) is 66.7 Å². The second-order valence-corrected chi connectivity index (χ2v) is 7.65. The van der Waals surface area contributed by atoms with E-state index >= 15 is 0 Å². The van der Waals surface area contributed by atoms with Gasteiger partial charge in [0.15, 0.2) is 0 Å². The molecule has 1 aliphatic carbocycles. The van der Waals surface area contributed by atoms with Crippen molar-refractivity contribution in [3.8, 4) is 0 Å². The summed E-state index contributed by atoms with van der Waals surface area (Å²) >= 11 is 0. The average molecular weight is 299 g/mol. The molecule has 1 aliphatic rings. The zero-order chi connectivity index (χ0) is 16.1. The molecule has 2 N–H and O–H groups in total. The van der Waals surface area contributed by atoms with Crippen LogP contribution in [0.15, 0.2) is 0 Å². The van der Waals surface area contributed by atoms with Gasteiger partial charge in [0.05, 0.1) is 12.7 Å². The molecule has 4 nitrogen and oxygen atoms in total. The molecular formula is C17H33NO3. The van der Waals surface area contributed by atoms with Gasteiger partial charge in [0, 0.05) is 6.61 Å². The quantitative estimate of drug-likeness (QED) is 0.579. The fraction of sp³-hybridized carbons (Fsp3) is 0.941. The zero-order valence-corrected chi connectivity index (χ0v) is 14.4. The van der Waals surface area contributed by atoms with E-state index in [1.807, 2.05) is 0 Å². The third-order valence-corrected chi connectivity index (χ3v) is 4.28. The largest absolute Gasteiger partial charge is 0.465 e. The van der Waals surface area contributed by atoms with Crippen molar-refractivity contribution < 1.29 is 14.3 Å². The lowest BCUT2D eigenvalue weighted by molar-refractivity contribution is -0.149. The molecule has 4 heteroatoms. The second kappa shape index (κ2) is 7.59. The summed E-state index contributed by atoms with van der Waals surface area (Å²) in [4.78, 5) is 11.7. The summed E-state index contributed by atoms with van der Waals surface area (Å²) in [6.45, 7) is 11.5. The van der Waals surface area contributed by atoms with Gasteiger partial charge in [0.25, 0.3) is 0 Å². The highest BCUT2D eigenvalue weighted by atomic mass is 16.5. The molecule has 0 saturated heterocycles. The Morgan fingerprint density at radius 2 is 2.05 bits per heavy atom. The Labute approximate surface area is 129 Å². The van der Waals surface area contributed by atoms with Crippen LogP contribution in [0.3, 0.4) is 0 Å². The molecule has 0 aliphatic heterocycles. The van der Waals surface area contributed by atoms with Crippen LogP contribution in [0, 0.1) is 11.3 Å². The Hall–Kier alpha value is -0.610. The number of hydrogen-bond donors (Lipinski definition) is 1. The van der Waals surface area contributed by atoms with Crippen LogP contribution >= 0.6 is 0 Å². The monoisotopic (exact) mass is 299 g/mol. The van der Waals surface area contributed by atoms with Crippen LogP contribution in [0.25, 0.3) is 0 Å². The van der Waals surface area contributed by atoms with Crippen LogP contribution in [-0.2, 0) is 14.3 Å². The third-order valence-electron chi connectivity index (χ3n) is 4.28. The first-order chi connectivity index (χ1) is 9.66. The van der Waals surface area contributed by atoms with E-state index in [0.717, 1.165) is 25.2 Å². The second-order valence-electron chi connectivity index (χ2n) is 7.65. The lowest BCUT2D eigenvalue weighted by Gasteiger charge is -2.38. The van der Waals surface area contributed by atoms with Crippen molar-refractivity contribution in [1.29, 1.82) is 0 Å². The molecule has 0 radical (unpaired) electrons. The molecular weight excluding hydrogens is 266 g/mol. The number of nitrogens with two attached hydrogens (primary N) is 1. The van der Waals surface area contributed by atoms with Gasteiger partial charge in [-0.1, -0.05) is 20.8 Å². The summed E-state index contributed by atoms with van der Waals surface area (Å²) in [6.07, 6.45) is 5.26. The van der Waals surface area contributed by atoms with E-state index in [-0.39, 0.29) is 5.97 Å². The molecule has 0 bridgehead atoms. The molecule has 0 aromatic heterocycles. The van der Waals surface area contributed by atoms with Gasteiger partial charge in [-0.05, 0) is 57.3 Å². The van der Waals surface area contributed by atoms with Gasteiger partial charge in [0.2, 0.25) is 0 Å². The summed E-state index contributed by atoms with van der Waals surface area (Å²) in [6, 6.07) is 0. The van der Waals surface area contributed by atoms with Crippen molar-refractivity contribution in [2.75, 3.05) is 13.2 Å². The van der Waals surface area contributed by atoms with Crippen molar-refractivity contribution in [1.82, 2.24) is 0 Å². The van der Waals surface area contributed by atoms with Crippen LogP contribution in [-0.4, -0.2) is 30.8 Å². The highest BCUT2D eigenvalue weighted by Crippen LogP contribution is 2.39. The maximum atomic E-state index is 11.7. The Balaban J connectivity index is 2.29. The highest BCUT2D eigenvalue weighted by Gasteiger charge is 2.33. The van der Waals surface area contributed by atoms with Crippen molar-refractivity contribution in [3.63, 3.8) is 0 Å². The highest BCUT2D eigenvalue weighted by molar-refractivity contribution is 5.79. The molecule has 0 heterocycles. The minimum atomic E-state index is -0.904. The standard InChI is InChI=1S/C17H33NO3/c1-6-20-15(19)17(5,18)8-7-9-21-14-10-13(2)11-16(3,4)12-14/h13-14H,6-12,18H2,1-5H3. The van der Waals surface area contributed by atoms with E-state index in [1.165, 1.54) is 6.42 Å². The number of rotatable bonds is 7. The van der Waals surface area contributed by atoms with E-state index < -0.39 is 5.54 Å². The number of hydrogen-bond acceptors (Lipinski definition) is 4. The molecule has 0 amide bonds. The maximum absolute atomic E-state index is 11.7. The van der Waals surface area contributed by atoms with E-state index in [4.69, 9.17) is 15.2 Å². The smallest absolute Gasteiger partial charge is 0.325 e. The Morgan fingerprint density at radius 1 is 1.38 bits per heavy atom. The summed E-state index contributed by atoms with van der Waals surface area (Å²) < 4.78 is 11.0. The lowest BCUT2D eigenvalue weighted by Crippen LogP contribution is -2.46. The topological polar surface area (TPSA) is 61.5 Å². The molecule has 0 aromatic rings. The number of carbonyl (C=O) groups excluding carboxylic acids is 1. The van der Waals surface area contributed by atoms with Crippen molar-refractivity contribution >= 4 is 5.97 Å². The number of carbonyl (C=O) groups is 1. The molecule has 3 atom stereocenters. The molecule has 21 heavy (non-hydrogen) atoms. The first kappa shape index (κ1) is 18.4. The van der Waals surface area contributed by atoms with Crippen molar-refractivity contribution in [2.45, 2.75) is 78.4 Å². The third kappa shape index (κ3) is 6.35. The van der Waals surface area contributed by atoms with Crippen molar-refractivity contribution in [2.24, 2.45) is 17.1 Å². The molecule has 0 aromatic carbocycles. The molecule has 3 unspecified atom stereocenters. The van der Waals surface area contributed by atoms with Gasteiger partial charge in [-0.25, -0.2) is 0 Å². The molecule has 0 spiro atoms. The maximum Gasteiger partial charge on any atom is 0.325 e. The minimum Gasteiger partial charge on any atom is -0.465 e. The first-order valence-corrected chi connectivity index (χ1v) is 8.24. The van der Waals surface area contributed by atoms with Crippen LogP contribution in [0.2, 0.25) is 0 Å². The van der Waals surface area contributed by atoms with Gasteiger partial charge in [0.1, 0.15) is 5.54 Å². The molecule has 1 rings (SSSR count). The Morgan fingerprint density at radius 3 is 2.62 bits per heavy atom. The van der Waals surface area contributed by atoms with Crippen molar-refractivity contribution in [3.05, 3.63) is 0 Å². The Kier molecular flexibility index (Phi) is 6.67. The summed E-state index contributed by atoms with van der Waals surface area (Å²) in [5, 5.41) is 0. The van der Waals surface area contributed by atoms with Gasteiger partial charge >= 0.3 is 5.97 Å². The van der Waals surface area contributed by atoms with Gasteiger partial charge in [-0.15, -0.1) is 0 Å². The predicted molar refractivity (Wildman–Crippen MR) is 85.0 cm³/mol. The van der Waals surface area contributed by atoms with Crippen LogP contribution < -0.4 is 5.73 Å². The van der Waals surface area contributed by atoms with E-state index in [0.29, 0.717) is 31.2 Å². The zero-order valence-electron chi connectivity index (χ0n) is 14.4. The summed E-state index contributed by atoms with van der Waals surface area (Å²) in [5.74, 6) is 0.399. The van der Waals surface area contributed by atoms with E-state index in [2.05, 4.69) is 20.8 Å². The normalized spacial score (nSPS) is 27.9. The van der Waals surface area contributed by atoms with Crippen LogP contribution in [0.4, 0.5) is 0 Å². The molecule has 1 fully saturated rings. The molecule has 124 valence electrons. The number of ether oxygens (including phenoxy) is 2. The SMILES string of the molecule is CCOC(=O)C(C)(N)CCCOC1CC(C)CC(C)(C)C1. The van der Waals surface area contributed by atoms with Gasteiger partial charge in [-0.3, -0.25) is 4.79 Å². The summed E-state index contributed by atoms with van der Waals surface area (Å²) in [5.41, 5.74) is 5.47. The molecule has 1 saturated carbocycles. The number of esters is 1. The minimum absolute atomic E-state index is 0.322. The fourth-order valence-corrected chi connectivity index (χ4v) is 3.47. The van der Waals surface area contributed by atoms with Gasteiger partial charge in [-0.2, -0.15) is 0 Å². The lowest BCUT2D eigenvalue weighted by atomic mass is 9.71. The predicted octanol–water partition coefficient (Wildman–Crippen LogP) is 3.28. The van der Waals surface area contributed by atoms with Crippen LogP contribution in [0.5, 0.6) is 0 Å². The Bertz CT molecular complexity index is 339. The van der Waals surface area contributed by atoms with E-state index in [9.17, 15) is 4.79 Å².